The Morgan fingerprint density at radius 2 is 0.291 bits per heavy atom. The van der Waals surface area contributed by atoms with Gasteiger partial charge in [0.2, 0.25) is 15.7 Å². The van der Waals surface area contributed by atoms with Crippen LogP contribution in [0, 0.1) is 0 Å². The van der Waals surface area contributed by atoms with Crippen LogP contribution in [0.3, 0.4) is 0 Å². The van der Waals surface area contributed by atoms with Gasteiger partial charge in [-0.05, 0) is 26.2 Å². The van der Waals surface area contributed by atoms with Gasteiger partial charge in [0.1, 0.15) is 0 Å². The SMILES string of the molecule is C[Si](C)(O)[Si](=O)[Si](=O)[Si](=O)[Si](=O)[Si](=O)[Si](=O)[Si](=O)[Si](=O)[Si](=O)[Si](=O)[Si](=O)[Si](=O)[Si](=O)[Si](=O)[Si](=O)[Si](=O)[Si](=O)[Si](=O)[Si](=O)[Si](=O)[Si](=O)[Si](=O)[Si](=O)[Si](=O)[Si](=O)[Si](=O)[Si](=O)[Si](=O)[Si](=O)[Si](=O)[Si](=O)[Si](=O)[Si](=O)[Si](=O)[Si](=O)[Si](=O)[Si](=O)[Si](=O)[Si](C)(C)O[Si]O. The van der Waals surface area contributed by atoms with Crippen molar-refractivity contribution >= 4 is 319 Å². The zero-order valence-corrected chi connectivity index (χ0v) is 82.3. The first-order valence-electron chi connectivity index (χ1n) is 20.4. The highest BCUT2D eigenvalue weighted by Crippen LogP contribution is 2.04. The normalized spacial score (nSPS) is 10.4. The van der Waals surface area contributed by atoms with Crippen molar-refractivity contribution in [2.45, 2.75) is 26.2 Å². The van der Waals surface area contributed by atoms with E-state index >= 15 is 0 Å². The molecule has 0 aliphatic rings. The van der Waals surface area contributed by atoms with E-state index < -0.39 is 319 Å². The van der Waals surface area contributed by atoms with Crippen LogP contribution in [0.15, 0.2) is 0 Å². The molecule has 0 rings (SSSR count). The quantitative estimate of drug-likeness (QED) is 0.0537. The average Bonchev–Trinajstić information content (AvgIpc) is 2.74. The fourth-order valence-electron chi connectivity index (χ4n) is 4.42. The first-order chi connectivity index (χ1) is 38.9. The van der Waals surface area contributed by atoms with E-state index in [4.69, 9.17) is 8.91 Å². The highest BCUT2D eigenvalue weighted by atomic mass is 30.2. The summed E-state index contributed by atoms with van der Waals surface area (Å²) in [4.78, 5) is 18.8. The summed E-state index contributed by atoms with van der Waals surface area (Å²) in [7, 11) is -183. The van der Waals surface area contributed by atoms with E-state index in [0.717, 1.165) is 26.2 Å². The Balaban J connectivity index is 6.00. The molecule has 0 bridgehead atoms. The summed E-state index contributed by atoms with van der Waals surface area (Å²) in [5.41, 5.74) is 0. The van der Waals surface area contributed by atoms with E-state index in [1.807, 2.05) is 0 Å². The molecule has 41 nitrogen and oxygen atoms in total. The predicted octanol–water partition coefficient (Wildman–Crippen LogP) is -19.0. The average molecular weight is 1870 g/mol. The van der Waals surface area contributed by atoms with Gasteiger partial charge in [-0.3, -0.25) is 0 Å². The molecule has 0 aliphatic heterocycles. The minimum absolute atomic E-state index is 0.979. The molecule has 440 valence electrons. The van der Waals surface area contributed by atoms with Gasteiger partial charge in [0.15, 0.2) is 0 Å². The van der Waals surface area contributed by atoms with Crippen LogP contribution >= 0.6 is 0 Å². The summed E-state index contributed by atoms with van der Waals surface area (Å²) < 4.78 is 487. The maximum Gasteiger partial charge on any atom is 0.418 e. The molecule has 0 atom stereocenters. The minimum atomic E-state index is -4.85. The first kappa shape index (κ1) is 87.2. The molecule has 86 heavy (non-hydrogen) atoms. The largest absolute Gasteiger partial charge is 0.431 e. The Bertz CT molecular complexity index is 3770. The molecule has 0 aromatic heterocycles. The van der Waals surface area contributed by atoms with Gasteiger partial charge in [0, 0.05) is 0 Å². The van der Waals surface area contributed by atoms with Gasteiger partial charge in [0.05, 0.1) is 0 Å². The van der Waals surface area contributed by atoms with Crippen molar-refractivity contribution in [1.82, 2.24) is 0 Å². The van der Waals surface area contributed by atoms with Gasteiger partial charge in [-0.2, -0.15) is 0 Å². The monoisotopic (exact) mass is 1860 g/mol. The number of hydrogen-bond donors (Lipinski definition) is 2. The van der Waals surface area contributed by atoms with Gasteiger partial charge in [0.25, 0.3) is 0 Å². The topological polar surface area (TPSA) is 698 Å². The van der Waals surface area contributed by atoms with E-state index in [1.54, 1.807) is 0 Å². The summed E-state index contributed by atoms with van der Waals surface area (Å²) in [6, 6.07) is 0. The third-order valence-corrected chi connectivity index (χ3v) is 328. The summed E-state index contributed by atoms with van der Waals surface area (Å²) in [5, 5.41) is 0. The van der Waals surface area contributed by atoms with Crippen molar-refractivity contribution in [1.29, 1.82) is 0 Å². The van der Waals surface area contributed by atoms with Crippen LogP contribution in [0.25, 0.3) is 0 Å². The lowest BCUT2D eigenvalue weighted by atomic mass is 11.9. The third kappa shape index (κ3) is 22.1. The molecule has 0 saturated heterocycles. The van der Waals surface area contributed by atoms with Gasteiger partial charge in [-0.15, -0.1) is 0 Å². The first-order valence-corrected chi connectivity index (χ1v) is 120. The number of hydrogen-bond acceptors (Lipinski definition) is 41. The van der Waals surface area contributed by atoms with Gasteiger partial charge < -0.3 is 183 Å². The number of rotatable bonds is 41. The molecule has 0 fully saturated rings. The van der Waals surface area contributed by atoms with Gasteiger partial charge in [-0.25, -0.2) is 0 Å². The van der Waals surface area contributed by atoms with Crippen molar-refractivity contribution in [2.24, 2.45) is 0 Å². The Labute approximate surface area is 522 Å². The summed E-state index contributed by atoms with van der Waals surface area (Å²) in [6.45, 7) is 4.23. The lowest BCUT2D eigenvalue weighted by molar-refractivity contribution is 0.454. The van der Waals surface area contributed by atoms with Crippen LogP contribution in [0.4, 0.5) is 0 Å². The van der Waals surface area contributed by atoms with E-state index in [2.05, 4.69) is 0 Å². The Morgan fingerprint density at radius 1 is 0.198 bits per heavy atom. The molecule has 82 heteroatoms. The van der Waals surface area contributed by atoms with Crippen LogP contribution in [0.5, 0.6) is 0 Å². The van der Waals surface area contributed by atoms with Crippen LogP contribution in [0.2, 0.25) is 26.2 Å². The highest BCUT2D eigenvalue weighted by Gasteiger charge is 2.60. The van der Waals surface area contributed by atoms with Crippen LogP contribution in [-0.4, -0.2) is 329 Å². The van der Waals surface area contributed by atoms with Crippen LogP contribution in [-0.2, 0) is 174 Å². The van der Waals surface area contributed by atoms with E-state index in [0.29, 0.717) is 0 Å². The molecule has 0 amide bonds. The Hall–Kier alpha value is 1.17. The van der Waals surface area contributed by atoms with E-state index in [1.165, 1.54) is 0 Å². The molecule has 0 spiro atoms. The minimum Gasteiger partial charge on any atom is -0.431 e. The molecule has 0 aliphatic carbocycles. The maximum atomic E-state index is 12.8. The summed E-state index contributed by atoms with van der Waals surface area (Å²) in [6.07, 6.45) is 0. The molecular formula is C4H14O41Si41. The van der Waals surface area contributed by atoms with E-state index in [-0.39, 0.29) is 0 Å². The highest BCUT2D eigenvalue weighted by molar-refractivity contribution is 7.86. The van der Waals surface area contributed by atoms with Gasteiger partial charge >= 0.3 is 303 Å². The van der Waals surface area contributed by atoms with Crippen molar-refractivity contribution < 1.29 is 183 Å². The summed E-state index contributed by atoms with van der Waals surface area (Å²) >= 11 is 0. The molecule has 0 heterocycles. The third-order valence-electron chi connectivity index (χ3n) is 9.03. The molecule has 0 saturated carbocycles. The zero-order valence-electron chi connectivity index (χ0n) is 41.3. The fraction of sp³-hybridized carbons (Fsp3) is 1.00. The Morgan fingerprint density at radius 3 is 0.384 bits per heavy atom. The lowest BCUT2D eigenvalue weighted by Crippen LogP contribution is -2.58. The molecule has 2 radical (unpaired) electrons. The molecule has 2 N–H and O–H groups in total. The zero-order chi connectivity index (χ0) is 68.4. The van der Waals surface area contributed by atoms with Crippen molar-refractivity contribution in [3.63, 3.8) is 0 Å². The van der Waals surface area contributed by atoms with Gasteiger partial charge in [-0.1, -0.05) is 0 Å². The molecular weight excluding hydrogens is 1860 g/mol. The lowest BCUT2D eigenvalue weighted by Gasteiger charge is -2.15. The fourth-order valence-corrected chi connectivity index (χ4v) is 478. The van der Waals surface area contributed by atoms with E-state index in [9.17, 15) is 174 Å². The van der Waals surface area contributed by atoms with Crippen molar-refractivity contribution in [2.75, 3.05) is 0 Å². The van der Waals surface area contributed by atoms with Crippen LogP contribution < -0.4 is 0 Å². The second-order valence-electron chi connectivity index (χ2n) is 15.8. The second-order valence-corrected chi connectivity index (χ2v) is 216. The van der Waals surface area contributed by atoms with Crippen molar-refractivity contribution in [3.8, 4) is 0 Å². The Kier molecular flexibility index (Phi) is 38.0. The van der Waals surface area contributed by atoms with Crippen LogP contribution in [0.1, 0.15) is 0 Å². The van der Waals surface area contributed by atoms with Crippen molar-refractivity contribution in [3.05, 3.63) is 0 Å². The standard InChI is InChI=1S/C4H14O41Si41/c1-85(2,44)83(42)81(40)79(38)77(36)75(34)73(32)71(30)69(28)67(26)65(24)63(22)61(20)59(18)57(16)55(14)53(12)51(10)49(8)47(6)48(7)50(9)52(11)54(13)56(15)58(17)60(19)62(21)64(23)66(25)68(27)70(29)72(31)74(33)76(35)78(37)80(39)82(41)84(43)86(3,4)45-46-5/h5,44H,1-4H3. The molecule has 0 aromatic rings. The summed E-state index contributed by atoms with van der Waals surface area (Å²) in [5.74, 6) is 0. The predicted molar refractivity (Wildman–Crippen MR) is 291 cm³/mol. The smallest absolute Gasteiger partial charge is 0.418 e. The molecule has 0 aromatic carbocycles. The maximum absolute atomic E-state index is 12.8. The second kappa shape index (κ2) is 37.5. The molecule has 0 unspecified atom stereocenters.